The average Bonchev–Trinajstić information content (AvgIpc) is 3.14. The monoisotopic (exact) mass is 531 g/mol. The number of benzene rings is 2. The van der Waals surface area contributed by atoms with Crippen molar-refractivity contribution in [3.8, 4) is 0 Å². The maximum Gasteiger partial charge on any atom is 0.269 e. The molecule has 2 aromatic carbocycles. The van der Waals surface area contributed by atoms with E-state index in [1.807, 2.05) is 6.92 Å². The van der Waals surface area contributed by atoms with Gasteiger partial charge in [-0.25, -0.2) is 13.8 Å². The number of hydrogen-bond donors (Lipinski definition) is 2. The van der Waals surface area contributed by atoms with Crippen LogP contribution < -0.4 is 15.5 Å². The minimum Gasteiger partial charge on any atom is -0.365 e. The molecule has 0 aliphatic carbocycles. The molecule has 1 fully saturated rings. The quantitative estimate of drug-likeness (QED) is 0.195. The van der Waals surface area contributed by atoms with E-state index in [0.29, 0.717) is 32.0 Å². The van der Waals surface area contributed by atoms with E-state index >= 15 is 0 Å². The van der Waals surface area contributed by atoms with Gasteiger partial charge in [0.2, 0.25) is 0 Å². The summed E-state index contributed by atoms with van der Waals surface area (Å²) < 4.78 is 28.0. The number of nitro groups is 1. The Morgan fingerprint density at radius 3 is 2.63 bits per heavy atom. The zero-order chi connectivity index (χ0) is 20.8. The van der Waals surface area contributed by atoms with Crippen LogP contribution in [0, 0.1) is 21.7 Å². The number of para-hydroxylation sites is 1. The molecule has 0 radical (unpaired) electrons. The molecule has 0 bridgehead atoms. The molecule has 1 aliphatic heterocycles. The number of non-ortho nitro benzene ring substituents is 1. The summed E-state index contributed by atoms with van der Waals surface area (Å²) in [5.41, 5.74) is 0.738. The predicted molar refractivity (Wildman–Crippen MR) is 123 cm³/mol. The standard InChI is InChI=1S/C20H23F2N5O2.HI/c1-2-23-20(24-12-14-5-3-6-16(11-14)27(28)29)25-15-9-10-26(13-15)19-17(21)7-4-8-18(19)22;/h3-8,11,15H,2,9-10,12-13H2,1H3,(H2,23,24,25);1H. The van der Waals surface area contributed by atoms with Crippen molar-refractivity contribution in [3.63, 3.8) is 0 Å². The van der Waals surface area contributed by atoms with Crippen LogP contribution in [0.1, 0.15) is 18.9 Å². The molecule has 162 valence electrons. The summed E-state index contributed by atoms with van der Waals surface area (Å²) in [4.78, 5) is 16.6. The van der Waals surface area contributed by atoms with Crippen LogP contribution in [0.3, 0.4) is 0 Å². The maximum atomic E-state index is 14.0. The molecule has 1 unspecified atom stereocenters. The number of nitrogens with zero attached hydrogens (tertiary/aromatic N) is 3. The van der Waals surface area contributed by atoms with Gasteiger partial charge >= 0.3 is 0 Å². The van der Waals surface area contributed by atoms with Crippen molar-refractivity contribution >= 4 is 41.3 Å². The Labute approximate surface area is 190 Å². The van der Waals surface area contributed by atoms with Crippen LogP contribution in [0.25, 0.3) is 0 Å². The van der Waals surface area contributed by atoms with Gasteiger partial charge < -0.3 is 15.5 Å². The number of rotatable bonds is 6. The molecular formula is C20H24F2IN5O2. The molecule has 3 rings (SSSR count). The third-order valence-corrected chi connectivity index (χ3v) is 4.67. The first-order valence-corrected chi connectivity index (χ1v) is 9.45. The topological polar surface area (TPSA) is 82.8 Å². The fraction of sp³-hybridized carbons (Fsp3) is 0.350. The largest absolute Gasteiger partial charge is 0.365 e. The maximum absolute atomic E-state index is 14.0. The lowest BCUT2D eigenvalue weighted by Crippen LogP contribution is -2.44. The van der Waals surface area contributed by atoms with Crippen LogP contribution in [0.15, 0.2) is 47.5 Å². The van der Waals surface area contributed by atoms with Crippen molar-refractivity contribution in [3.05, 3.63) is 69.8 Å². The van der Waals surface area contributed by atoms with Crippen LogP contribution in [-0.2, 0) is 6.54 Å². The van der Waals surface area contributed by atoms with E-state index in [9.17, 15) is 18.9 Å². The number of nitrogens with one attached hydrogen (secondary N) is 2. The van der Waals surface area contributed by atoms with Gasteiger partial charge in [-0.15, -0.1) is 24.0 Å². The number of halogens is 3. The molecule has 1 atom stereocenters. The Hall–Kier alpha value is -2.50. The minimum atomic E-state index is -0.572. The summed E-state index contributed by atoms with van der Waals surface area (Å²) in [5, 5.41) is 17.3. The first-order chi connectivity index (χ1) is 14.0. The van der Waals surface area contributed by atoms with Crippen molar-refractivity contribution in [2.24, 2.45) is 4.99 Å². The molecule has 1 aliphatic rings. The third kappa shape index (κ3) is 6.00. The Balaban J connectivity index is 0.00000320. The van der Waals surface area contributed by atoms with Crippen molar-refractivity contribution in [2.45, 2.75) is 25.9 Å². The second-order valence-corrected chi connectivity index (χ2v) is 6.77. The molecule has 7 nitrogen and oxygen atoms in total. The highest BCUT2D eigenvalue weighted by molar-refractivity contribution is 14.0. The molecular weight excluding hydrogens is 507 g/mol. The predicted octanol–water partition coefficient (Wildman–Crippen LogP) is 3.83. The van der Waals surface area contributed by atoms with Gasteiger partial charge in [-0.05, 0) is 31.0 Å². The van der Waals surface area contributed by atoms with Crippen LogP contribution in [0.4, 0.5) is 20.2 Å². The summed E-state index contributed by atoms with van der Waals surface area (Å²) in [7, 11) is 0. The molecule has 1 saturated heterocycles. The Morgan fingerprint density at radius 1 is 1.27 bits per heavy atom. The van der Waals surface area contributed by atoms with Crippen molar-refractivity contribution in [2.75, 3.05) is 24.5 Å². The highest BCUT2D eigenvalue weighted by Crippen LogP contribution is 2.26. The van der Waals surface area contributed by atoms with E-state index in [4.69, 9.17) is 0 Å². The molecule has 30 heavy (non-hydrogen) atoms. The van der Waals surface area contributed by atoms with Crippen LogP contribution in [0.5, 0.6) is 0 Å². The Kier molecular flexibility index (Phi) is 8.75. The van der Waals surface area contributed by atoms with E-state index in [-0.39, 0.29) is 47.9 Å². The smallest absolute Gasteiger partial charge is 0.269 e. The van der Waals surface area contributed by atoms with Crippen LogP contribution in [-0.4, -0.2) is 36.6 Å². The first kappa shape index (κ1) is 23.8. The molecule has 0 spiro atoms. The molecule has 0 aromatic heterocycles. The summed E-state index contributed by atoms with van der Waals surface area (Å²) in [6.07, 6.45) is 0.703. The summed E-state index contributed by atoms with van der Waals surface area (Å²) in [6.45, 7) is 3.81. The first-order valence-electron chi connectivity index (χ1n) is 9.45. The Bertz CT molecular complexity index is 892. The van der Waals surface area contributed by atoms with E-state index in [2.05, 4.69) is 15.6 Å². The number of guanidine groups is 1. The molecule has 10 heteroatoms. The minimum absolute atomic E-state index is 0. The van der Waals surface area contributed by atoms with E-state index in [1.165, 1.54) is 30.3 Å². The van der Waals surface area contributed by atoms with Gasteiger partial charge in [0, 0.05) is 37.8 Å². The molecule has 0 saturated carbocycles. The zero-order valence-corrected chi connectivity index (χ0v) is 18.8. The summed E-state index contributed by atoms with van der Waals surface area (Å²) in [5.74, 6) is -0.589. The lowest BCUT2D eigenvalue weighted by molar-refractivity contribution is -0.384. The van der Waals surface area contributed by atoms with Gasteiger partial charge in [-0.1, -0.05) is 18.2 Å². The molecule has 2 aromatic rings. The number of aliphatic imine (C=N–C) groups is 1. The fourth-order valence-corrected chi connectivity index (χ4v) is 3.32. The summed E-state index contributed by atoms with van der Waals surface area (Å²) in [6, 6.07) is 10.2. The molecule has 2 N–H and O–H groups in total. The van der Waals surface area contributed by atoms with Gasteiger partial charge in [-0.3, -0.25) is 10.1 Å². The average molecular weight is 531 g/mol. The zero-order valence-electron chi connectivity index (χ0n) is 16.5. The second kappa shape index (κ2) is 11.0. The highest BCUT2D eigenvalue weighted by atomic mass is 127. The highest BCUT2D eigenvalue weighted by Gasteiger charge is 2.27. The molecule has 0 amide bonds. The van der Waals surface area contributed by atoms with E-state index < -0.39 is 16.6 Å². The van der Waals surface area contributed by atoms with Gasteiger partial charge in [-0.2, -0.15) is 0 Å². The lowest BCUT2D eigenvalue weighted by atomic mass is 10.2. The van der Waals surface area contributed by atoms with Crippen LogP contribution >= 0.6 is 24.0 Å². The third-order valence-electron chi connectivity index (χ3n) is 4.67. The van der Waals surface area contributed by atoms with Crippen molar-refractivity contribution < 1.29 is 13.7 Å². The van der Waals surface area contributed by atoms with Gasteiger partial charge in [0.15, 0.2) is 5.96 Å². The number of hydrogen-bond acceptors (Lipinski definition) is 4. The van der Waals surface area contributed by atoms with Crippen molar-refractivity contribution in [1.29, 1.82) is 0 Å². The van der Waals surface area contributed by atoms with E-state index in [0.717, 1.165) is 5.56 Å². The van der Waals surface area contributed by atoms with Gasteiger partial charge in [0.1, 0.15) is 17.3 Å². The Morgan fingerprint density at radius 2 is 1.97 bits per heavy atom. The van der Waals surface area contributed by atoms with Gasteiger partial charge in [0.05, 0.1) is 11.5 Å². The van der Waals surface area contributed by atoms with Gasteiger partial charge in [0.25, 0.3) is 5.69 Å². The summed E-state index contributed by atoms with van der Waals surface area (Å²) >= 11 is 0. The number of anilines is 1. The van der Waals surface area contributed by atoms with E-state index in [1.54, 1.807) is 17.0 Å². The van der Waals surface area contributed by atoms with Crippen LogP contribution in [0.2, 0.25) is 0 Å². The molecule has 1 heterocycles. The number of nitro benzene ring substituents is 1. The lowest BCUT2D eigenvalue weighted by Gasteiger charge is -2.21. The normalized spacial score (nSPS) is 16.2. The SMILES string of the molecule is CCNC(=NCc1cccc([N+](=O)[O-])c1)NC1CCN(c2c(F)cccc2F)C1.I. The second-order valence-electron chi connectivity index (χ2n) is 6.77. The fourth-order valence-electron chi connectivity index (χ4n) is 3.32. The van der Waals surface area contributed by atoms with Crippen molar-refractivity contribution in [1.82, 2.24) is 10.6 Å².